The van der Waals surface area contributed by atoms with Crippen molar-refractivity contribution in [1.29, 1.82) is 0 Å². The maximum absolute atomic E-state index is 14.8. The van der Waals surface area contributed by atoms with Gasteiger partial charge in [0.2, 0.25) is 0 Å². The van der Waals surface area contributed by atoms with Gasteiger partial charge in [0.15, 0.2) is 0 Å². The van der Waals surface area contributed by atoms with Crippen LogP contribution in [0.2, 0.25) is 0 Å². The Bertz CT molecular complexity index is 1800. The number of nitrogens with one attached hydrogen (secondary N) is 4. The molecule has 4 rings (SSSR count). The number of benzene rings is 2. The fourth-order valence-corrected chi connectivity index (χ4v) is 5.14. The van der Waals surface area contributed by atoms with E-state index in [9.17, 15) is 44.0 Å². The molecule has 14 nitrogen and oxygen atoms in total. The number of halogens is 1. The van der Waals surface area contributed by atoms with Crippen LogP contribution in [0.5, 0.6) is 11.5 Å². The number of carbonyl (C=O) groups excluding carboxylic acids is 2. The van der Waals surface area contributed by atoms with E-state index in [1.165, 1.54) is 42.7 Å². The summed E-state index contributed by atoms with van der Waals surface area (Å²) in [5, 5.41) is 45.9. The number of amides is 3. The molecule has 0 radical (unpaired) electrons. The zero-order chi connectivity index (χ0) is 34.8. The van der Waals surface area contributed by atoms with Gasteiger partial charge in [0.1, 0.15) is 22.9 Å². The molecule has 0 saturated carbocycles. The highest BCUT2D eigenvalue weighted by Crippen LogP contribution is 2.31. The third kappa shape index (κ3) is 8.71. The molecule has 2 aromatic heterocycles. The summed E-state index contributed by atoms with van der Waals surface area (Å²) in [5.74, 6) is -5.36. The number of ether oxygens (including phenoxy) is 1. The minimum absolute atomic E-state index is 0.0173. The number of carbonyl (C=O) groups is 4. The largest absolute Gasteiger partial charge is 0.481 e. The highest BCUT2D eigenvalue weighted by molar-refractivity contribution is 6.00. The Labute approximate surface area is 273 Å². The Morgan fingerprint density at radius 3 is 2.42 bits per heavy atom. The second kappa shape index (κ2) is 15.7. The quantitative estimate of drug-likeness (QED) is 0.0897. The number of aromatic amines is 1. The third-order valence-corrected chi connectivity index (χ3v) is 7.47. The number of pyridine rings is 1. The fraction of sp³-hybridized carbons (Fsp3) is 0.242. The van der Waals surface area contributed by atoms with Crippen LogP contribution in [0.4, 0.5) is 20.6 Å². The summed E-state index contributed by atoms with van der Waals surface area (Å²) < 4.78 is 20.6. The number of nitrogens with zero attached hydrogens (tertiary/aromatic N) is 1. The molecular weight excluding hydrogens is 629 g/mol. The third-order valence-electron chi connectivity index (χ3n) is 7.47. The van der Waals surface area contributed by atoms with Gasteiger partial charge < -0.3 is 46.1 Å². The van der Waals surface area contributed by atoms with Crippen molar-refractivity contribution in [3.63, 3.8) is 0 Å². The molecule has 0 aliphatic rings. The Morgan fingerprint density at radius 2 is 1.75 bits per heavy atom. The lowest BCUT2D eigenvalue weighted by Crippen LogP contribution is -2.60. The van der Waals surface area contributed by atoms with Crippen LogP contribution >= 0.6 is 0 Å². The number of H-pyrrole nitrogens is 1. The van der Waals surface area contributed by atoms with E-state index in [-0.39, 0.29) is 29.2 Å². The number of carboxylic acid groups (broad SMARTS) is 2. The lowest BCUT2D eigenvalue weighted by Gasteiger charge is -2.36. The van der Waals surface area contributed by atoms with Gasteiger partial charge in [-0.2, -0.15) is 0 Å². The summed E-state index contributed by atoms with van der Waals surface area (Å²) in [7, 11) is 0. The number of aliphatic carboxylic acids is 2. The Kier molecular flexibility index (Phi) is 11.4. The summed E-state index contributed by atoms with van der Waals surface area (Å²) in [6.45, 7) is 0.668. The summed E-state index contributed by atoms with van der Waals surface area (Å²) >= 11 is 0. The van der Waals surface area contributed by atoms with Gasteiger partial charge in [-0.1, -0.05) is 12.1 Å². The molecule has 3 amide bonds. The molecule has 0 saturated heterocycles. The molecule has 2 aromatic carbocycles. The van der Waals surface area contributed by atoms with Crippen LogP contribution in [-0.4, -0.2) is 73.0 Å². The lowest BCUT2D eigenvalue weighted by atomic mass is 9.77. The van der Waals surface area contributed by atoms with Crippen LogP contribution in [-0.2, 0) is 9.59 Å². The molecule has 2 heterocycles. The number of aliphatic hydroxyl groups is 2. The van der Waals surface area contributed by atoms with Gasteiger partial charge >= 0.3 is 18.0 Å². The first-order chi connectivity index (χ1) is 22.9. The zero-order valence-electron chi connectivity index (χ0n) is 25.7. The summed E-state index contributed by atoms with van der Waals surface area (Å²) in [6.07, 6.45) is 1.28. The van der Waals surface area contributed by atoms with Gasteiger partial charge in [-0.05, 0) is 55.3 Å². The summed E-state index contributed by atoms with van der Waals surface area (Å²) in [6, 6.07) is 14.8. The van der Waals surface area contributed by atoms with Crippen molar-refractivity contribution >= 4 is 35.3 Å². The van der Waals surface area contributed by atoms with Gasteiger partial charge in [-0.15, -0.1) is 0 Å². The normalized spacial score (nSPS) is 12.8. The van der Waals surface area contributed by atoms with Gasteiger partial charge in [0.25, 0.3) is 5.91 Å². The zero-order valence-corrected chi connectivity index (χ0v) is 25.7. The van der Waals surface area contributed by atoms with Crippen molar-refractivity contribution in [3.05, 3.63) is 90.0 Å². The van der Waals surface area contributed by atoms with E-state index < -0.39 is 67.2 Å². The number of aryl methyl sites for hydroxylation is 1. The average Bonchev–Trinajstić information content (AvgIpc) is 3.53. The van der Waals surface area contributed by atoms with Crippen molar-refractivity contribution in [2.45, 2.75) is 31.7 Å². The number of anilines is 2. The minimum Gasteiger partial charge on any atom is -0.481 e. The second-order valence-corrected chi connectivity index (χ2v) is 10.9. The molecule has 0 spiro atoms. The molecular formula is C33H34FN5O9. The van der Waals surface area contributed by atoms with Crippen molar-refractivity contribution in [2.24, 2.45) is 5.92 Å². The number of aromatic nitrogens is 2. The van der Waals surface area contributed by atoms with Gasteiger partial charge in [0, 0.05) is 55.8 Å². The Morgan fingerprint density at radius 1 is 0.979 bits per heavy atom. The molecule has 8 N–H and O–H groups in total. The van der Waals surface area contributed by atoms with Gasteiger partial charge in [-0.3, -0.25) is 14.6 Å². The van der Waals surface area contributed by atoms with E-state index in [1.807, 2.05) is 13.0 Å². The number of carboxylic acids is 2. The molecule has 252 valence electrons. The first-order valence-electron chi connectivity index (χ1n) is 14.7. The number of urea groups is 1. The van der Waals surface area contributed by atoms with Crippen molar-refractivity contribution in [3.8, 4) is 22.9 Å². The average molecular weight is 664 g/mol. The number of aliphatic hydroxyl groups excluding tert-OH is 2. The number of rotatable bonds is 15. The highest BCUT2D eigenvalue weighted by atomic mass is 19.1. The van der Waals surface area contributed by atoms with E-state index in [0.717, 1.165) is 11.6 Å². The Hall–Kier alpha value is -5.80. The second-order valence-electron chi connectivity index (χ2n) is 10.9. The van der Waals surface area contributed by atoms with E-state index in [0.29, 0.717) is 17.1 Å². The summed E-state index contributed by atoms with van der Waals surface area (Å²) in [4.78, 5) is 56.5. The predicted molar refractivity (Wildman–Crippen MR) is 171 cm³/mol. The smallest absolute Gasteiger partial charge is 0.329 e. The maximum Gasteiger partial charge on any atom is 0.329 e. The lowest BCUT2D eigenvalue weighted by molar-refractivity contribution is -0.150. The van der Waals surface area contributed by atoms with Crippen LogP contribution in [0.1, 0.15) is 35.2 Å². The summed E-state index contributed by atoms with van der Waals surface area (Å²) in [5.41, 5.74) is -0.136. The Balaban J connectivity index is 1.46. The van der Waals surface area contributed by atoms with Gasteiger partial charge in [0.05, 0.1) is 29.1 Å². The van der Waals surface area contributed by atoms with E-state index in [2.05, 4.69) is 25.9 Å². The van der Waals surface area contributed by atoms with Crippen molar-refractivity contribution < 1.29 is 48.7 Å². The van der Waals surface area contributed by atoms with Crippen LogP contribution in [0.15, 0.2) is 73.1 Å². The molecule has 0 fully saturated rings. The molecule has 15 heteroatoms. The monoisotopic (exact) mass is 663 g/mol. The van der Waals surface area contributed by atoms with E-state index >= 15 is 0 Å². The van der Waals surface area contributed by atoms with Crippen molar-refractivity contribution in [1.82, 2.24) is 15.3 Å². The first-order valence-corrected chi connectivity index (χ1v) is 14.7. The molecule has 0 bridgehead atoms. The van der Waals surface area contributed by atoms with Crippen molar-refractivity contribution in [2.75, 3.05) is 23.8 Å². The SMILES string of the molecule is Cc1cccc(NC(=O)Nc2ccc(Oc3ccnc(-c4cc(C(=O)NC(CCO)(C(=O)O)C(CCO)CC(=O)O)c[nH]4)c3)cc2F)c1. The molecule has 2 atom stereocenters. The van der Waals surface area contributed by atoms with Crippen LogP contribution in [0.3, 0.4) is 0 Å². The molecule has 2 unspecified atom stereocenters. The van der Waals surface area contributed by atoms with Crippen LogP contribution < -0.4 is 20.7 Å². The van der Waals surface area contributed by atoms with E-state index in [4.69, 9.17) is 4.74 Å². The molecule has 4 aromatic rings. The number of hydrogen-bond acceptors (Lipinski definition) is 8. The maximum atomic E-state index is 14.8. The molecule has 48 heavy (non-hydrogen) atoms. The highest BCUT2D eigenvalue weighted by Gasteiger charge is 2.47. The van der Waals surface area contributed by atoms with Gasteiger partial charge in [-0.25, -0.2) is 14.0 Å². The van der Waals surface area contributed by atoms with E-state index in [1.54, 1.807) is 18.2 Å². The molecule has 0 aliphatic heterocycles. The standard InChI is InChI=1S/C33H34FN5O9/c1-19-3-2-4-22(13-19)37-32(47)38-26-6-5-23(16-25(26)34)48-24-7-10-35-28(17-24)27-14-20(18-36-27)30(44)39-33(9-12-41,31(45)46)21(8-11-40)15-29(42)43/h2-7,10,13-14,16-18,21,36,40-41H,8-9,11-12,15H2,1H3,(H,39,44)(H,42,43)(H,45,46)(H2,37,38,47). The van der Waals surface area contributed by atoms with Crippen LogP contribution in [0.25, 0.3) is 11.4 Å². The fourth-order valence-electron chi connectivity index (χ4n) is 5.14. The minimum atomic E-state index is -2.18. The number of hydrogen-bond donors (Lipinski definition) is 8. The topological polar surface area (TPSA) is 223 Å². The molecule has 0 aliphatic carbocycles. The first kappa shape index (κ1) is 35.1. The predicted octanol–water partition coefficient (Wildman–Crippen LogP) is 4.37. The van der Waals surface area contributed by atoms with Crippen LogP contribution in [0, 0.1) is 18.7 Å².